The second-order valence-electron chi connectivity index (χ2n) is 6.14. The molecule has 0 amide bonds. The van der Waals surface area contributed by atoms with Gasteiger partial charge in [-0.15, -0.1) is 0 Å². The minimum absolute atomic E-state index is 0.310. The predicted molar refractivity (Wildman–Crippen MR) is 108 cm³/mol. The van der Waals surface area contributed by atoms with Gasteiger partial charge in [0.25, 0.3) is 0 Å². The molecule has 0 saturated carbocycles. The summed E-state index contributed by atoms with van der Waals surface area (Å²) >= 11 is 0. The monoisotopic (exact) mass is 384 g/mol. The number of carboxylic acids is 1. The summed E-state index contributed by atoms with van der Waals surface area (Å²) in [6.07, 6.45) is 9.37. The van der Waals surface area contributed by atoms with Crippen molar-refractivity contribution in [2.45, 2.75) is 59.3 Å². The predicted octanol–water partition coefficient (Wildman–Crippen LogP) is 4.70. The fraction of sp³-hybridized carbons (Fsp3) is 0.571. The Morgan fingerprint density at radius 2 is 1.48 bits per heavy atom. The Kier molecular flexibility index (Phi) is 23.6. The van der Waals surface area contributed by atoms with Gasteiger partial charge in [0.05, 0.1) is 13.7 Å². The number of hydrogen-bond acceptors (Lipinski definition) is 5. The second-order valence-corrected chi connectivity index (χ2v) is 6.14. The van der Waals surface area contributed by atoms with E-state index in [4.69, 9.17) is 9.84 Å². The molecule has 1 N–H and O–H groups in total. The van der Waals surface area contributed by atoms with Gasteiger partial charge in [0.2, 0.25) is 0 Å². The summed E-state index contributed by atoms with van der Waals surface area (Å²) in [5.74, 6) is -0.821. The van der Waals surface area contributed by atoms with Crippen LogP contribution < -0.4 is 0 Å². The zero-order valence-electron chi connectivity index (χ0n) is 17.3. The van der Waals surface area contributed by atoms with E-state index in [-0.39, 0.29) is 11.9 Å². The molecule has 0 spiro atoms. The summed E-state index contributed by atoms with van der Waals surface area (Å²) < 4.78 is 9.15. The van der Waals surface area contributed by atoms with E-state index in [2.05, 4.69) is 38.3 Å². The van der Waals surface area contributed by atoms with E-state index in [0.717, 1.165) is 24.8 Å². The lowest BCUT2D eigenvalue weighted by Crippen LogP contribution is -2.01. The van der Waals surface area contributed by atoms with Crippen LogP contribution in [0.4, 0.5) is 0 Å². The van der Waals surface area contributed by atoms with Crippen molar-refractivity contribution >= 4 is 17.9 Å². The summed E-state index contributed by atoms with van der Waals surface area (Å²) in [6, 6.07) is 0. The molecule has 0 atom stereocenters. The van der Waals surface area contributed by atoms with E-state index >= 15 is 0 Å². The third-order valence-corrected chi connectivity index (χ3v) is 3.05. The quantitative estimate of drug-likeness (QED) is 0.315. The molecule has 0 saturated heterocycles. The number of unbranched alkanes of at least 4 members (excludes halogenated alkanes) is 4. The zero-order chi connectivity index (χ0) is 21.7. The third-order valence-electron chi connectivity index (χ3n) is 3.05. The molecule has 0 aliphatic rings. The highest BCUT2D eigenvalue weighted by atomic mass is 16.5. The lowest BCUT2D eigenvalue weighted by atomic mass is 10.0. The lowest BCUT2D eigenvalue weighted by molar-refractivity contribution is -0.138. The normalized spacial score (nSPS) is 8.93. The maximum atomic E-state index is 10.7. The van der Waals surface area contributed by atoms with E-state index in [1.807, 2.05) is 0 Å². The summed E-state index contributed by atoms with van der Waals surface area (Å²) in [6.45, 7) is 16.3. The Morgan fingerprint density at radius 3 is 1.81 bits per heavy atom. The van der Waals surface area contributed by atoms with Gasteiger partial charge in [-0.3, -0.25) is 0 Å². The van der Waals surface area contributed by atoms with Crippen molar-refractivity contribution < 1.29 is 29.0 Å². The number of aliphatic carboxylic acids is 1. The lowest BCUT2D eigenvalue weighted by Gasteiger charge is -2.04. The van der Waals surface area contributed by atoms with Crippen LogP contribution in [0.5, 0.6) is 0 Å². The Balaban J connectivity index is -0.000000396. The molecule has 156 valence electrons. The summed E-state index contributed by atoms with van der Waals surface area (Å²) in [5.41, 5.74) is 0.433. The van der Waals surface area contributed by atoms with Gasteiger partial charge in [-0.25, -0.2) is 14.4 Å². The van der Waals surface area contributed by atoms with Crippen molar-refractivity contribution in [3.05, 3.63) is 37.5 Å². The Labute approximate surface area is 163 Å². The SMILES string of the molecule is C=C(C)C(=O)OC.C=CC(=O)O.C=CC(=O)OCCCCCCCC(C)C. The first-order chi connectivity index (χ1) is 12.6. The zero-order valence-corrected chi connectivity index (χ0v) is 17.3. The van der Waals surface area contributed by atoms with Crippen LogP contribution in [0.25, 0.3) is 0 Å². The molecule has 0 fully saturated rings. The Bertz CT molecular complexity index is 452. The molecule has 0 unspecified atom stereocenters. The molecule has 6 heteroatoms. The molecule has 27 heavy (non-hydrogen) atoms. The fourth-order valence-electron chi connectivity index (χ4n) is 1.59. The van der Waals surface area contributed by atoms with Crippen LogP contribution in [0.2, 0.25) is 0 Å². The van der Waals surface area contributed by atoms with E-state index in [1.54, 1.807) is 6.92 Å². The van der Waals surface area contributed by atoms with Gasteiger partial charge in [0, 0.05) is 17.7 Å². The topological polar surface area (TPSA) is 89.9 Å². The van der Waals surface area contributed by atoms with Gasteiger partial charge < -0.3 is 14.6 Å². The Morgan fingerprint density at radius 1 is 1.00 bits per heavy atom. The molecule has 0 aromatic carbocycles. The van der Waals surface area contributed by atoms with Crippen molar-refractivity contribution in [3.8, 4) is 0 Å². The maximum Gasteiger partial charge on any atom is 0.332 e. The van der Waals surface area contributed by atoms with Crippen LogP contribution in [-0.4, -0.2) is 36.7 Å². The molecule has 0 rings (SSSR count). The van der Waals surface area contributed by atoms with Crippen molar-refractivity contribution in [2.24, 2.45) is 5.92 Å². The number of rotatable bonds is 11. The number of hydrogen-bond donors (Lipinski definition) is 1. The van der Waals surface area contributed by atoms with Crippen LogP contribution in [0.15, 0.2) is 37.5 Å². The maximum absolute atomic E-state index is 10.7. The average molecular weight is 385 g/mol. The van der Waals surface area contributed by atoms with Crippen molar-refractivity contribution in [3.63, 3.8) is 0 Å². The summed E-state index contributed by atoms with van der Waals surface area (Å²) in [7, 11) is 1.33. The molecule has 0 radical (unpaired) electrons. The molecular formula is C21H36O6. The van der Waals surface area contributed by atoms with Gasteiger partial charge in [-0.1, -0.05) is 65.7 Å². The molecule has 0 aliphatic heterocycles. The first-order valence-electron chi connectivity index (χ1n) is 9.00. The molecule has 0 aromatic heterocycles. The van der Waals surface area contributed by atoms with Crippen LogP contribution in [0, 0.1) is 5.92 Å². The highest BCUT2D eigenvalue weighted by molar-refractivity contribution is 5.86. The van der Waals surface area contributed by atoms with Crippen molar-refractivity contribution in [1.29, 1.82) is 0 Å². The van der Waals surface area contributed by atoms with Gasteiger partial charge in [-0.05, 0) is 19.3 Å². The highest BCUT2D eigenvalue weighted by Gasteiger charge is 1.97. The van der Waals surface area contributed by atoms with Crippen LogP contribution in [0.1, 0.15) is 59.3 Å². The molecular weight excluding hydrogens is 348 g/mol. The van der Waals surface area contributed by atoms with Gasteiger partial charge >= 0.3 is 17.9 Å². The van der Waals surface area contributed by atoms with E-state index in [1.165, 1.54) is 38.9 Å². The largest absolute Gasteiger partial charge is 0.478 e. The van der Waals surface area contributed by atoms with Gasteiger partial charge in [0.15, 0.2) is 0 Å². The highest BCUT2D eigenvalue weighted by Crippen LogP contribution is 2.10. The van der Waals surface area contributed by atoms with E-state index in [0.29, 0.717) is 12.2 Å². The number of ether oxygens (including phenoxy) is 2. The first-order valence-corrected chi connectivity index (χ1v) is 9.00. The number of carboxylic acid groups (broad SMARTS) is 1. The van der Waals surface area contributed by atoms with Crippen molar-refractivity contribution in [1.82, 2.24) is 0 Å². The third kappa shape index (κ3) is 31.9. The smallest absolute Gasteiger partial charge is 0.332 e. The number of carbonyl (C=O) groups is 3. The fourth-order valence-corrected chi connectivity index (χ4v) is 1.59. The van der Waals surface area contributed by atoms with E-state index in [9.17, 15) is 14.4 Å². The minimum Gasteiger partial charge on any atom is -0.478 e. The van der Waals surface area contributed by atoms with Crippen LogP contribution in [0.3, 0.4) is 0 Å². The summed E-state index contributed by atoms with van der Waals surface area (Å²) in [4.78, 5) is 30.1. The molecule has 0 aromatic rings. The van der Waals surface area contributed by atoms with Crippen molar-refractivity contribution in [2.75, 3.05) is 13.7 Å². The van der Waals surface area contributed by atoms with Crippen LogP contribution >= 0.6 is 0 Å². The molecule has 0 aliphatic carbocycles. The summed E-state index contributed by atoms with van der Waals surface area (Å²) in [5, 5.41) is 7.60. The molecule has 0 heterocycles. The Hall–Kier alpha value is -2.37. The number of carbonyl (C=O) groups excluding carboxylic acids is 2. The second kappa shape index (κ2) is 21.7. The standard InChI is InChI=1S/C13H24O2.C5H8O2.C3H4O2/c1-4-13(14)15-11-9-7-5-6-8-10-12(2)3;1-4(2)5(6)7-3;1-2-3(4)5/h4,12H,1,5-11H2,2-3H3;1H2,2-3H3;2H,1H2,(H,4,5). The number of methoxy groups -OCH3 is 1. The van der Waals surface area contributed by atoms with Gasteiger partial charge in [-0.2, -0.15) is 0 Å². The average Bonchev–Trinajstić information content (AvgIpc) is 2.63. The van der Waals surface area contributed by atoms with Crippen LogP contribution in [-0.2, 0) is 23.9 Å². The molecule has 6 nitrogen and oxygen atoms in total. The number of esters is 2. The van der Waals surface area contributed by atoms with E-state index < -0.39 is 5.97 Å². The minimum atomic E-state index is -0.981. The first kappa shape index (κ1) is 29.4. The molecule has 0 bridgehead atoms. The van der Waals surface area contributed by atoms with Gasteiger partial charge in [0.1, 0.15) is 0 Å².